The number of amides is 1. The number of carbonyl (C=O) groups excluding carboxylic acids is 1. The maximum absolute atomic E-state index is 11.7. The Labute approximate surface area is 103 Å². The lowest BCUT2D eigenvalue weighted by atomic mass is 10.3. The number of rotatable bonds is 3. The summed E-state index contributed by atoms with van der Waals surface area (Å²) in [6.45, 7) is 4.46. The van der Waals surface area contributed by atoms with E-state index in [0.29, 0.717) is 12.1 Å². The van der Waals surface area contributed by atoms with Gasteiger partial charge in [0.05, 0.1) is 24.0 Å². The molecule has 0 aromatic carbocycles. The highest BCUT2D eigenvalue weighted by Crippen LogP contribution is 2.16. The molecule has 0 saturated heterocycles. The Hall–Kier alpha value is -1.69. The molecule has 2 heterocycles. The summed E-state index contributed by atoms with van der Waals surface area (Å²) in [6, 6.07) is 0. The average molecular weight is 250 g/mol. The molecule has 17 heavy (non-hydrogen) atoms. The van der Waals surface area contributed by atoms with Gasteiger partial charge in [-0.05, 0) is 13.8 Å². The minimum atomic E-state index is -0.122. The lowest BCUT2D eigenvalue weighted by Gasteiger charge is -1.99. The lowest BCUT2D eigenvalue weighted by Crippen LogP contribution is -2.22. The van der Waals surface area contributed by atoms with Crippen molar-refractivity contribution in [2.24, 2.45) is 7.05 Å². The standard InChI is InChI=1S/C11H14N4OS/c1-7-8(2)17-10(14-7)5-12-11(16)9-4-13-15(3)6-9/h4,6H,5H2,1-3H3,(H,12,16). The molecule has 0 bridgehead atoms. The number of nitrogens with one attached hydrogen (secondary N) is 1. The summed E-state index contributed by atoms with van der Waals surface area (Å²) in [6.07, 6.45) is 3.24. The van der Waals surface area contributed by atoms with Gasteiger partial charge in [-0.2, -0.15) is 5.10 Å². The van der Waals surface area contributed by atoms with Crippen LogP contribution in [0.1, 0.15) is 25.9 Å². The molecule has 0 aliphatic carbocycles. The van der Waals surface area contributed by atoms with Crippen LogP contribution < -0.4 is 5.32 Å². The first-order valence-corrected chi connectivity index (χ1v) is 6.07. The van der Waals surface area contributed by atoms with Crippen LogP contribution in [0.4, 0.5) is 0 Å². The molecule has 0 spiro atoms. The fourth-order valence-corrected chi connectivity index (χ4v) is 2.28. The highest BCUT2D eigenvalue weighted by atomic mass is 32.1. The van der Waals surface area contributed by atoms with Crippen molar-refractivity contribution in [2.45, 2.75) is 20.4 Å². The van der Waals surface area contributed by atoms with Gasteiger partial charge in [0, 0.05) is 18.1 Å². The minimum absolute atomic E-state index is 0.122. The van der Waals surface area contributed by atoms with Crippen molar-refractivity contribution in [2.75, 3.05) is 0 Å². The minimum Gasteiger partial charge on any atom is -0.345 e. The van der Waals surface area contributed by atoms with E-state index in [1.54, 1.807) is 35.5 Å². The van der Waals surface area contributed by atoms with E-state index in [-0.39, 0.29) is 5.91 Å². The van der Waals surface area contributed by atoms with Crippen LogP contribution in [0.2, 0.25) is 0 Å². The molecule has 2 aromatic heterocycles. The number of hydrogen-bond acceptors (Lipinski definition) is 4. The van der Waals surface area contributed by atoms with Crippen molar-refractivity contribution in [3.63, 3.8) is 0 Å². The molecule has 1 amide bonds. The van der Waals surface area contributed by atoms with Crippen molar-refractivity contribution in [3.05, 3.63) is 33.5 Å². The van der Waals surface area contributed by atoms with E-state index in [1.165, 1.54) is 4.88 Å². The summed E-state index contributed by atoms with van der Waals surface area (Å²) in [5, 5.41) is 7.71. The first-order chi connectivity index (χ1) is 8.06. The lowest BCUT2D eigenvalue weighted by molar-refractivity contribution is 0.0951. The second-order valence-electron chi connectivity index (χ2n) is 3.83. The Morgan fingerprint density at radius 2 is 2.29 bits per heavy atom. The third kappa shape index (κ3) is 2.71. The smallest absolute Gasteiger partial charge is 0.254 e. The summed E-state index contributed by atoms with van der Waals surface area (Å²) in [7, 11) is 1.78. The SMILES string of the molecule is Cc1nc(CNC(=O)c2cnn(C)c2)sc1C. The van der Waals surface area contributed by atoms with Crippen LogP contribution in [0, 0.1) is 13.8 Å². The van der Waals surface area contributed by atoms with Gasteiger partial charge in [0.1, 0.15) is 5.01 Å². The second-order valence-corrected chi connectivity index (χ2v) is 5.12. The maximum Gasteiger partial charge on any atom is 0.254 e. The zero-order valence-corrected chi connectivity index (χ0v) is 10.8. The Morgan fingerprint density at radius 1 is 1.53 bits per heavy atom. The molecule has 1 N–H and O–H groups in total. The molecular weight excluding hydrogens is 236 g/mol. The van der Waals surface area contributed by atoms with E-state index >= 15 is 0 Å². The molecule has 90 valence electrons. The van der Waals surface area contributed by atoms with Gasteiger partial charge in [0.25, 0.3) is 5.91 Å². The van der Waals surface area contributed by atoms with Gasteiger partial charge < -0.3 is 5.32 Å². The molecule has 0 fully saturated rings. The fraction of sp³-hybridized carbons (Fsp3) is 0.364. The summed E-state index contributed by atoms with van der Waals surface area (Å²) in [5.74, 6) is -0.122. The Balaban J connectivity index is 1.96. The van der Waals surface area contributed by atoms with Crippen molar-refractivity contribution >= 4 is 17.2 Å². The van der Waals surface area contributed by atoms with Gasteiger partial charge in [-0.3, -0.25) is 9.48 Å². The normalized spacial score (nSPS) is 10.5. The highest BCUT2D eigenvalue weighted by molar-refractivity contribution is 7.11. The molecule has 0 radical (unpaired) electrons. The van der Waals surface area contributed by atoms with Crippen molar-refractivity contribution in [1.29, 1.82) is 0 Å². The Morgan fingerprint density at radius 3 is 2.82 bits per heavy atom. The molecule has 0 aliphatic heterocycles. The van der Waals surface area contributed by atoms with Crippen LogP contribution >= 0.6 is 11.3 Å². The van der Waals surface area contributed by atoms with Crippen molar-refractivity contribution in [3.8, 4) is 0 Å². The van der Waals surface area contributed by atoms with Crippen molar-refractivity contribution in [1.82, 2.24) is 20.1 Å². The first-order valence-electron chi connectivity index (χ1n) is 5.26. The number of hydrogen-bond donors (Lipinski definition) is 1. The predicted molar refractivity (Wildman–Crippen MR) is 66.0 cm³/mol. The van der Waals surface area contributed by atoms with Crippen LogP contribution in [0.5, 0.6) is 0 Å². The number of nitrogens with zero attached hydrogens (tertiary/aromatic N) is 3. The van der Waals surface area contributed by atoms with Crippen LogP contribution in [-0.2, 0) is 13.6 Å². The number of carbonyl (C=O) groups is 1. The van der Waals surface area contributed by atoms with Crippen molar-refractivity contribution < 1.29 is 4.79 Å². The van der Waals surface area contributed by atoms with E-state index in [1.807, 2.05) is 13.8 Å². The van der Waals surface area contributed by atoms with E-state index in [2.05, 4.69) is 15.4 Å². The molecular formula is C11H14N4OS. The zero-order chi connectivity index (χ0) is 12.4. The fourth-order valence-electron chi connectivity index (χ4n) is 1.41. The summed E-state index contributed by atoms with van der Waals surface area (Å²) >= 11 is 1.61. The van der Waals surface area contributed by atoms with Gasteiger partial charge in [0.2, 0.25) is 0 Å². The number of thiazole rings is 1. The topological polar surface area (TPSA) is 59.8 Å². The van der Waals surface area contributed by atoms with E-state index < -0.39 is 0 Å². The average Bonchev–Trinajstić information content (AvgIpc) is 2.83. The summed E-state index contributed by atoms with van der Waals surface area (Å²) < 4.78 is 1.60. The monoisotopic (exact) mass is 250 g/mol. The Bertz CT molecular complexity index is 524. The van der Waals surface area contributed by atoms with Gasteiger partial charge in [-0.15, -0.1) is 11.3 Å². The zero-order valence-electron chi connectivity index (χ0n) is 10.0. The molecule has 0 unspecified atom stereocenters. The van der Waals surface area contributed by atoms with E-state index in [4.69, 9.17) is 0 Å². The largest absolute Gasteiger partial charge is 0.345 e. The van der Waals surface area contributed by atoms with Gasteiger partial charge in [-0.25, -0.2) is 4.98 Å². The first kappa shape index (κ1) is 11.8. The van der Waals surface area contributed by atoms with Crippen LogP contribution in [0.25, 0.3) is 0 Å². The van der Waals surface area contributed by atoms with E-state index in [0.717, 1.165) is 10.7 Å². The van der Waals surface area contributed by atoms with Gasteiger partial charge >= 0.3 is 0 Å². The third-order valence-electron chi connectivity index (χ3n) is 2.44. The van der Waals surface area contributed by atoms with Gasteiger partial charge in [0.15, 0.2) is 0 Å². The Kier molecular flexibility index (Phi) is 3.23. The maximum atomic E-state index is 11.7. The summed E-state index contributed by atoms with van der Waals surface area (Å²) in [4.78, 5) is 17.3. The van der Waals surface area contributed by atoms with Crippen LogP contribution in [0.15, 0.2) is 12.4 Å². The summed E-state index contributed by atoms with van der Waals surface area (Å²) in [5.41, 5.74) is 1.60. The molecule has 0 aliphatic rings. The number of aromatic nitrogens is 3. The molecule has 2 rings (SSSR count). The quantitative estimate of drug-likeness (QED) is 0.896. The third-order valence-corrected chi connectivity index (χ3v) is 3.51. The second kappa shape index (κ2) is 4.67. The molecule has 2 aromatic rings. The highest BCUT2D eigenvalue weighted by Gasteiger charge is 2.09. The molecule has 0 atom stereocenters. The molecule has 0 saturated carbocycles. The molecule has 5 nitrogen and oxygen atoms in total. The predicted octanol–water partition coefficient (Wildman–Crippen LogP) is 1.42. The van der Waals surface area contributed by atoms with Gasteiger partial charge in [-0.1, -0.05) is 0 Å². The van der Waals surface area contributed by atoms with Crippen LogP contribution in [0.3, 0.4) is 0 Å². The number of aryl methyl sites for hydroxylation is 3. The van der Waals surface area contributed by atoms with Crippen LogP contribution in [-0.4, -0.2) is 20.7 Å². The van der Waals surface area contributed by atoms with E-state index in [9.17, 15) is 4.79 Å². The molecule has 6 heteroatoms.